The molecule has 2 rings (SSSR count). The Balaban J connectivity index is 2.32. The molecule has 16 heavy (non-hydrogen) atoms. The molecule has 0 nitrogen and oxygen atoms in total. The van der Waals surface area contributed by atoms with Crippen LogP contribution in [-0.4, -0.2) is 3.21 Å². The van der Waals surface area contributed by atoms with Crippen LogP contribution in [0.15, 0.2) is 48.5 Å². The van der Waals surface area contributed by atoms with Crippen molar-refractivity contribution in [2.45, 2.75) is 0 Å². The standard InChI is InChI=1S/C13H8Cl2.Zr/c14-12-5-1-10(2-6-12)9-11-3-7-13(15)8-4-11;/h1-8H;/q;+2. The van der Waals surface area contributed by atoms with Gasteiger partial charge in [-0.1, -0.05) is 0 Å². The Morgan fingerprint density at radius 2 is 1.00 bits per heavy atom. The van der Waals surface area contributed by atoms with E-state index in [0.717, 1.165) is 10.0 Å². The van der Waals surface area contributed by atoms with E-state index in [1.165, 1.54) is 38.6 Å². The van der Waals surface area contributed by atoms with Crippen LogP contribution >= 0.6 is 23.2 Å². The van der Waals surface area contributed by atoms with Crippen molar-refractivity contribution in [1.29, 1.82) is 0 Å². The van der Waals surface area contributed by atoms with E-state index in [1.807, 2.05) is 48.5 Å². The Morgan fingerprint density at radius 1 is 0.688 bits per heavy atom. The first kappa shape index (κ1) is 12.2. The Bertz CT molecular complexity index is 453. The molecule has 3 heteroatoms. The fraction of sp³-hybridized carbons (Fsp3) is 0. The molecule has 0 spiro atoms. The average Bonchev–Trinajstić information content (AvgIpc) is 2.30. The van der Waals surface area contributed by atoms with E-state index >= 15 is 0 Å². The van der Waals surface area contributed by atoms with Gasteiger partial charge in [-0.2, -0.15) is 0 Å². The van der Waals surface area contributed by atoms with Crippen LogP contribution in [0.1, 0.15) is 11.1 Å². The van der Waals surface area contributed by atoms with Gasteiger partial charge in [-0.15, -0.1) is 0 Å². The summed E-state index contributed by atoms with van der Waals surface area (Å²) in [7, 11) is 0. The second-order valence-electron chi connectivity index (χ2n) is 3.39. The van der Waals surface area contributed by atoms with Crippen LogP contribution in [0.4, 0.5) is 0 Å². The van der Waals surface area contributed by atoms with Crippen molar-refractivity contribution in [2.24, 2.45) is 0 Å². The summed E-state index contributed by atoms with van der Waals surface area (Å²) in [5.41, 5.74) is 2.43. The molecule has 0 amide bonds. The number of hydrogen-bond acceptors (Lipinski definition) is 0. The summed E-state index contributed by atoms with van der Waals surface area (Å²) in [6, 6.07) is 15.8. The molecule has 0 aliphatic heterocycles. The van der Waals surface area contributed by atoms with Gasteiger partial charge in [0.05, 0.1) is 0 Å². The number of halogens is 2. The van der Waals surface area contributed by atoms with E-state index in [1.54, 1.807) is 0 Å². The molecule has 76 valence electrons. The quantitative estimate of drug-likeness (QED) is 0.779. The third-order valence-corrected chi connectivity index (χ3v) is 4.19. The summed E-state index contributed by atoms with van der Waals surface area (Å²) in [6.45, 7) is 0. The third-order valence-electron chi connectivity index (χ3n) is 2.27. The molecule has 0 saturated heterocycles. The first-order chi connectivity index (χ1) is 7.66. The topological polar surface area (TPSA) is 0 Å². The normalized spacial score (nSPS) is 10.2. The van der Waals surface area contributed by atoms with Gasteiger partial charge in [0.1, 0.15) is 0 Å². The fourth-order valence-corrected chi connectivity index (χ4v) is 2.47. The molecule has 0 fully saturated rings. The monoisotopic (exact) mass is 324 g/mol. The van der Waals surface area contributed by atoms with Crippen LogP contribution in [0.2, 0.25) is 10.0 Å². The molecular weight excluding hydrogens is 318 g/mol. The van der Waals surface area contributed by atoms with Gasteiger partial charge in [-0.3, -0.25) is 0 Å². The Morgan fingerprint density at radius 3 is 1.31 bits per heavy atom. The van der Waals surface area contributed by atoms with Gasteiger partial charge in [-0.05, 0) is 0 Å². The first-order valence-corrected chi connectivity index (χ1v) is 6.76. The predicted molar refractivity (Wildman–Crippen MR) is 66.1 cm³/mol. The predicted octanol–water partition coefficient (Wildman–Crippen LogP) is 4.11. The molecule has 0 saturated carbocycles. The average molecular weight is 326 g/mol. The molecule has 0 aliphatic carbocycles. The Kier molecular flexibility index (Phi) is 4.13. The summed E-state index contributed by atoms with van der Waals surface area (Å²) in [4.78, 5) is 0. The van der Waals surface area contributed by atoms with E-state index < -0.39 is 0 Å². The van der Waals surface area contributed by atoms with Gasteiger partial charge in [-0.25, -0.2) is 0 Å². The molecule has 0 aromatic heterocycles. The molecule has 0 bridgehead atoms. The van der Waals surface area contributed by atoms with Crippen molar-refractivity contribution in [3.8, 4) is 0 Å². The van der Waals surface area contributed by atoms with Gasteiger partial charge in [0, 0.05) is 0 Å². The summed E-state index contributed by atoms with van der Waals surface area (Å²) in [5, 5.41) is 1.53. The van der Waals surface area contributed by atoms with Gasteiger partial charge in [0.25, 0.3) is 0 Å². The number of hydrogen-bond donors (Lipinski definition) is 0. The molecular formula is C13H8Cl2Zr+2. The molecule has 0 atom stereocenters. The van der Waals surface area contributed by atoms with E-state index in [4.69, 9.17) is 23.2 Å². The van der Waals surface area contributed by atoms with E-state index in [0.29, 0.717) is 0 Å². The van der Waals surface area contributed by atoms with Crippen molar-refractivity contribution in [3.63, 3.8) is 0 Å². The third kappa shape index (κ3) is 2.91. The maximum atomic E-state index is 5.86. The Labute approximate surface area is 120 Å². The van der Waals surface area contributed by atoms with Crippen LogP contribution in [0, 0.1) is 0 Å². The summed E-state index contributed by atoms with van der Waals surface area (Å²) < 4.78 is 1.31. The van der Waals surface area contributed by atoms with Gasteiger partial charge < -0.3 is 0 Å². The second kappa shape index (κ2) is 5.40. The van der Waals surface area contributed by atoms with Crippen LogP contribution in [0.5, 0.6) is 0 Å². The molecule has 2 aromatic carbocycles. The Hall–Kier alpha value is -0.227. The van der Waals surface area contributed by atoms with Crippen molar-refractivity contribution in [2.75, 3.05) is 0 Å². The number of rotatable bonds is 2. The minimum absolute atomic E-state index is 0.767. The summed E-state index contributed by atoms with van der Waals surface area (Å²) >= 11 is 13.1. The van der Waals surface area contributed by atoms with Crippen LogP contribution in [-0.2, 0) is 24.2 Å². The number of benzene rings is 2. The second-order valence-corrected chi connectivity index (χ2v) is 5.49. The van der Waals surface area contributed by atoms with E-state index in [2.05, 4.69) is 0 Å². The summed E-state index contributed by atoms with van der Waals surface area (Å²) in [5.74, 6) is 0. The minimum atomic E-state index is 0.767. The summed E-state index contributed by atoms with van der Waals surface area (Å²) in [6.07, 6.45) is 0. The zero-order chi connectivity index (χ0) is 11.5. The maximum absolute atomic E-state index is 5.86. The fourth-order valence-electron chi connectivity index (χ4n) is 1.40. The van der Waals surface area contributed by atoms with E-state index in [-0.39, 0.29) is 0 Å². The van der Waals surface area contributed by atoms with Crippen molar-refractivity contribution in [1.82, 2.24) is 0 Å². The molecule has 0 heterocycles. The van der Waals surface area contributed by atoms with Crippen molar-refractivity contribution >= 4 is 26.4 Å². The van der Waals surface area contributed by atoms with Crippen LogP contribution < -0.4 is 0 Å². The van der Waals surface area contributed by atoms with Gasteiger partial charge in [0.2, 0.25) is 0 Å². The van der Waals surface area contributed by atoms with Gasteiger partial charge in [0.15, 0.2) is 0 Å². The van der Waals surface area contributed by atoms with E-state index in [9.17, 15) is 0 Å². The van der Waals surface area contributed by atoms with Crippen LogP contribution in [0.25, 0.3) is 0 Å². The first-order valence-electron chi connectivity index (χ1n) is 4.77. The van der Waals surface area contributed by atoms with Gasteiger partial charge >= 0.3 is 120 Å². The molecule has 0 radical (unpaired) electrons. The molecule has 0 unspecified atom stereocenters. The molecule has 0 aliphatic rings. The zero-order valence-electron chi connectivity index (χ0n) is 8.37. The molecule has 2 aromatic rings. The zero-order valence-corrected chi connectivity index (χ0v) is 12.3. The van der Waals surface area contributed by atoms with Crippen LogP contribution in [0.3, 0.4) is 0 Å². The molecule has 0 N–H and O–H groups in total. The SMILES string of the molecule is Clc1ccc([C](=[Zr+2])c2ccc(Cl)cc2)cc1. The van der Waals surface area contributed by atoms with Crippen molar-refractivity contribution in [3.05, 3.63) is 69.7 Å². The van der Waals surface area contributed by atoms with Crippen molar-refractivity contribution < 1.29 is 24.2 Å².